The summed E-state index contributed by atoms with van der Waals surface area (Å²) in [5.74, 6) is 1.13. The molecule has 0 spiro atoms. The molecule has 0 unspecified atom stereocenters. The van der Waals surface area contributed by atoms with Crippen molar-refractivity contribution in [1.82, 2.24) is 20.0 Å². The minimum Gasteiger partial charge on any atom is -0.380 e. The molecule has 2 atom stereocenters. The first-order chi connectivity index (χ1) is 11.6. The predicted molar refractivity (Wildman–Crippen MR) is 92.0 cm³/mol. The number of ether oxygens (including phenoxy) is 1. The first-order valence-corrected chi connectivity index (χ1v) is 8.65. The van der Waals surface area contributed by atoms with Crippen LogP contribution in [0.3, 0.4) is 0 Å². The Morgan fingerprint density at radius 3 is 2.71 bits per heavy atom. The molecule has 2 aliphatic heterocycles. The molecule has 3 rings (SSSR count). The number of anilines is 1. The number of nitrogens with zero attached hydrogens (tertiary/aromatic N) is 5. The summed E-state index contributed by atoms with van der Waals surface area (Å²) in [6.07, 6.45) is 1.90. The molecular weight excluding hydrogens is 306 g/mol. The number of methoxy groups -OCH3 is 1. The number of likely N-dealkylation sites (tertiary alicyclic amines) is 1. The van der Waals surface area contributed by atoms with E-state index in [2.05, 4.69) is 20.0 Å². The van der Waals surface area contributed by atoms with Crippen molar-refractivity contribution < 1.29 is 9.53 Å². The molecule has 24 heavy (non-hydrogen) atoms. The minimum atomic E-state index is -0.0549. The second-order valence-electron chi connectivity index (χ2n) is 6.75. The lowest BCUT2D eigenvalue weighted by Gasteiger charge is -2.27. The molecule has 3 heterocycles. The van der Waals surface area contributed by atoms with Crippen LogP contribution < -0.4 is 4.90 Å². The molecule has 1 aromatic heterocycles. The van der Waals surface area contributed by atoms with E-state index in [0.717, 1.165) is 57.1 Å². The van der Waals surface area contributed by atoms with Crippen LogP contribution in [0.25, 0.3) is 0 Å². The molecule has 2 saturated heterocycles. The molecule has 0 bridgehead atoms. The zero-order valence-electron chi connectivity index (χ0n) is 14.8. The van der Waals surface area contributed by atoms with Gasteiger partial charge in [0.15, 0.2) is 5.82 Å². The van der Waals surface area contributed by atoms with Crippen molar-refractivity contribution in [1.29, 1.82) is 0 Å². The van der Waals surface area contributed by atoms with Crippen molar-refractivity contribution in [3.63, 3.8) is 0 Å². The first kappa shape index (κ1) is 17.1. The number of carbonyl (C=O) groups is 1. The maximum Gasteiger partial charge on any atom is 0.240 e. The lowest BCUT2D eigenvalue weighted by Crippen LogP contribution is -2.45. The number of aryl methyl sites for hydroxylation is 1. The number of hydrogen-bond donors (Lipinski definition) is 0. The molecule has 2 aliphatic rings. The number of amides is 1. The highest BCUT2D eigenvalue weighted by Crippen LogP contribution is 2.21. The standard InChI is InChI=1S/C17H27N5O2/c1-13-5-6-16(19-18-13)21-7-4-8-22(10-9-21)17(23)15-11-14(24-3)12-20(15)2/h5-6,14-15H,4,7-12H2,1-3H3/t14-,15-/m0/s1. The molecule has 0 N–H and O–H groups in total. The summed E-state index contributed by atoms with van der Waals surface area (Å²) in [4.78, 5) is 19.2. The van der Waals surface area contributed by atoms with Gasteiger partial charge in [-0.05, 0) is 38.9 Å². The van der Waals surface area contributed by atoms with Crippen LogP contribution in [0.4, 0.5) is 5.82 Å². The van der Waals surface area contributed by atoms with Crippen LogP contribution in [-0.4, -0.2) is 84.9 Å². The first-order valence-electron chi connectivity index (χ1n) is 8.65. The number of rotatable bonds is 3. The Hall–Kier alpha value is -1.73. The van der Waals surface area contributed by atoms with Crippen LogP contribution in [0, 0.1) is 6.92 Å². The third-order valence-electron chi connectivity index (χ3n) is 5.04. The van der Waals surface area contributed by atoms with E-state index in [1.165, 1.54) is 0 Å². The van der Waals surface area contributed by atoms with Gasteiger partial charge in [0, 0.05) is 39.8 Å². The number of aromatic nitrogens is 2. The van der Waals surface area contributed by atoms with Gasteiger partial charge in [0.1, 0.15) is 0 Å². The van der Waals surface area contributed by atoms with Crippen molar-refractivity contribution in [2.24, 2.45) is 0 Å². The number of carbonyl (C=O) groups excluding carboxylic acids is 1. The van der Waals surface area contributed by atoms with Crippen LogP contribution in [0.15, 0.2) is 12.1 Å². The summed E-state index contributed by atoms with van der Waals surface area (Å²) in [6, 6.07) is 3.93. The maximum atomic E-state index is 12.9. The average molecular weight is 333 g/mol. The summed E-state index contributed by atoms with van der Waals surface area (Å²) in [5.41, 5.74) is 0.919. The Morgan fingerprint density at radius 2 is 2.04 bits per heavy atom. The summed E-state index contributed by atoms with van der Waals surface area (Å²) < 4.78 is 5.42. The highest BCUT2D eigenvalue weighted by molar-refractivity contribution is 5.82. The van der Waals surface area contributed by atoms with Gasteiger partial charge in [-0.3, -0.25) is 9.69 Å². The molecule has 0 aromatic carbocycles. The quantitative estimate of drug-likeness (QED) is 0.805. The van der Waals surface area contributed by atoms with E-state index in [0.29, 0.717) is 0 Å². The number of hydrogen-bond acceptors (Lipinski definition) is 6. The third-order valence-corrected chi connectivity index (χ3v) is 5.04. The highest BCUT2D eigenvalue weighted by atomic mass is 16.5. The van der Waals surface area contributed by atoms with Gasteiger partial charge in [-0.1, -0.05) is 0 Å². The van der Waals surface area contributed by atoms with E-state index in [4.69, 9.17) is 4.74 Å². The van der Waals surface area contributed by atoms with Gasteiger partial charge in [0.25, 0.3) is 0 Å². The zero-order chi connectivity index (χ0) is 17.1. The average Bonchev–Trinajstić information content (AvgIpc) is 2.81. The fourth-order valence-corrected chi connectivity index (χ4v) is 3.55. The van der Waals surface area contributed by atoms with Crippen molar-refractivity contribution in [2.75, 3.05) is 51.8 Å². The van der Waals surface area contributed by atoms with Crippen molar-refractivity contribution in [3.8, 4) is 0 Å². The second kappa shape index (κ2) is 7.44. The molecule has 1 aromatic rings. The van der Waals surface area contributed by atoms with Crippen LogP contribution in [0.5, 0.6) is 0 Å². The molecule has 0 radical (unpaired) electrons. The van der Waals surface area contributed by atoms with Crippen molar-refractivity contribution in [3.05, 3.63) is 17.8 Å². The van der Waals surface area contributed by atoms with Crippen LogP contribution in [0.2, 0.25) is 0 Å². The van der Waals surface area contributed by atoms with Gasteiger partial charge < -0.3 is 14.5 Å². The molecule has 7 nitrogen and oxygen atoms in total. The third kappa shape index (κ3) is 3.67. The molecule has 0 aliphatic carbocycles. The van der Waals surface area contributed by atoms with E-state index in [9.17, 15) is 4.79 Å². The van der Waals surface area contributed by atoms with E-state index < -0.39 is 0 Å². The predicted octanol–water partition coefficient (Wildman–Crippen LogP) is 0.543. The van der Waals surface area contributed by atoms with E-state index in [1.54, 1.807) is 7.11 Å². The fourth-order valence-electron chi connectivity index (χ4n) is 3.55. The molecule has 7 heteroatoms. The molecule has 0 saturated carbocycles. The largest absolute Gasteiger partial charge is 0.380 e. The van der Waals surface area contributed by atoms with Gasteiger partial charge in [-0.25, -0.2) is 0 Å². The molecular formula is C17H27N5O2. The van der Waals surface area contributed by atoms with Crippen molar-refractivity contribution in [2.45, 2.75) is 31.9 Å². The Labute approximate surface area is 143 Å². The Balaban J connectivity index is 1.61. The Kier molecular flexibility index (Phi) is 5.30. The molecule has 1 amide bonds. The monoisotopic (exact) mass is 333 g/mol. The van der Waals surface area contributed by atoms with Gasteiger partial charge in [-0.15, -0.1) is 5.10 Å². The normalized spacial score (nSPS) is 25.8. The second-order valence-corrected chi connectivity index (χ2v) is 6.75. The summed E-state index contributed by atoms with van der Waals surface area (Å²) in [6.45, 7) is 6.00. The van der Waals surface area contributed by atoms with Gasteiger partial charge in [0.05, 0.1) is 17.8 Å². The zero-order valence-corrected chi connectivity index (χ0v) is 14.8. The molecule has 132 valence electrons. The molecule has 2 fully saturated rings. The van der Waals surface area contributed by atoms with Gasteiger partial charge >= 0.3 is 0 Å². The summed E-state index contributed by atoms with van der Waals surface area (Å²) in [7, 11) is 3.73. The lowest BCUT2D eigenvalue weighted by atomic mass is 10.1. The van der Waals surface area contributed by atoms with E-state index >= 15 is 0 Å². The van der Waals surface area contributed by atoms with Crippen LogP contribution in [0.1, 0.15) is 18.5 Å². The minimum absolute atomic E-state index is 0.0549. The van der Waals surface area contributed by atoms with E-state index in [1.807, 2.05) is 31.0 Å². The Morgan fingerprint density at radius 1 is 1.21 bits per heavy atom. The Bertz CT molecular complexity index is 565. The maximum absolute atomic E-state index is 12.9. The van der Waals surface area contributed by atoms with Crippen LogP contribution >= 0.6 is 0 Å². The lowest BCUT2D eigenvalue weighted by molar-refractivity contribution is -0.135. The summed E-state index contributed by atoms with van der Waals surface area (Å²) in [5, 5.41) is 8.41. The van der Waals surface area contributed by atoms with Crippen LogP contribution in [-0.2, 0) is 9.53 Å². The fraction of sp³-hybridized carbons (Fsp3) is 0.706. The van der Waals surface area contributed by atoms with Crippen molar-refractivity contribution >= 4 is 11.7 Å². The van der Waals surface area contributed by atoms with Gasteiger partial charge in [0.2, 0.25) is 5.91 Å². The topological polar surface area (TPSA) is 61.8 Å². The number of likely N-dealkylation sites (N-methyl/N-ethyl adjacent to an activating group) is 1. The van der Waals surface area contributed by atoms with E-state index in [-0.39, 0.29) is 18.1 Å². The smallest absolute Gasteiger partial charge is 0.240 e. The highest BCUT2D eigenvalue weighted by Gasteiger charge is 2.37. The van der Waals surface area contributed by atoms with Gasteiger partial charge in [-0.2, -0.15) is 5.10 Å². The summed E-state index contributed by atoms with van der Waals surface area (Å²) >= 11 is 0. The SMILES string of the molecule is CO[C@H]1C[C@@H](C(=O)N2CCCN(c3ccc(C)nn3)CC2)N(C)C1.